The third kappa shape index (κ3) is 3.39. The molecular formula is C14H21NO5. The van der Waals surface area contributed by atoms with E-state index >= 15 is 0 Å². The summed E-state index contributed by atoms with van der Waals surface area (Å²) in [7, 11) is 0. The Labute approximate surface area is 118 Å². The maximum Gasteiger partial charge on any atom is 0.341 e. The molecule has 6 heteroatoms. The van der Waals surface area contributed by atoms with E-state index < -0.39 is 0 Å². The lowest BCUT2D eigenvalue weighted by atomic mass is 10.1. The predicted molar refractivity (Wildman–Crippen MR) is 71.4 cm³/mol. The molecule has 1 aliphatic heterocycles. The molecule has 2 atom stereocenters. The van der Waals surface area contributed by atoms with Crippen molar-refractivity contribution in [2.75, 3.05) is 26.4 Å². The molecule has 2 heterocycles. The van der Waals surface area contributed by atoms with Crippen LogP contribution < -0.4 is 0 Å². The number of hydrogen-bond donors (Lipinski definition) is 1. The Balaban J connectivity index is 2.05. The Kier molecular flexibility index (Phi) is 5.17. The minimum Gasteiger partial charge on any atom is -0.467 e. The summed E-state index contributed by atoms with van der Waals surface area (Å²) >= 11 is 0. The second-order valence-corrected chi connectivity index (χ2v) is 4.89. The molecular weight excluding hydrogens is 262 g/mol. The lowest BCUT2D eigenvalue weighted by Crippen LogP contribution is -2.48. The Hall–Kier alpha value is -1.37. The van der Waals surface area contributed by atoms with Crippen molar-refractivity contribution in [3.05, 3.63) is 23.7 Å². The molecule has 2 unspecified atom stereocenters. The largest absolute Gasteiger partial charge is 0.467 e. The first-order valence-corrected chi connectivity index (χ1v) is 6.85. The summed E-state index contributed by atoms with van der Waals surface area (Å²) in [6.07, 6.45) is 1.31. The number of ether oxygens (including phenoxy) is 2. The van der Waals surface area contributed by atoms with Gasteiger partial charge in [0.1, 0.15) is 11.3 Å². The van der Waals surface area contributed by atoms with Crippen LogP contribution in [0.4, 0.5) is 0 Å². The summed E-state index contributed by atoms with van der Waals surface area (Å²) in [5.41, 5.74) is 0.464. The predicted octanol–water partition coefficient (Wildman–Crippen LogP) is 1.04. The van der Waals surface area contributed by atoms with Gasteiger partial charge in [-0.05, 0) is 19.9 Å². The van der Waals surface area contributed by atoms with Gasteiger partial charge in [0.15, 0.2) is 0 Å². The fourth-order valence-corrected chi connectivity index (χ4v) is 2.24. The van der Waals surface area contributed by atoms with Gasteiger partial charge in [0.25, 0.3) is 0 Å². The van der Waals surface area contributed by atoms with Crippen molar-refractivity contribution in [3.8, 4) is 0 Å². The molecule has 0 aliphatic carbocycles. The number of nitrogens with zero attached hydrogens (tertiary/aromatic N) is 1. The molecule has 6 nitrogen and oxygen atoms in total. The normalized spacial score (nSPS) is 23.8. The molecule has 0 amide bonds. The van der Waals surface area contributed by atoms with Gasteiger partial charge in [0.05, 0.1) is 38.7 Å². The van der Waals surface area contributed by atoms with E-state index in [1.807, 2.05) is 6.92 Å². The van der Waals surface area contributed by atoms with Crippen molar-refractivity contribution in [2.45, 2.75) is 32.5 Å². The molecule has 1 aromatic rings. The van der Waals surface area contributed by atoms with E-state index in [1.54, 1.807) is 13.0 Å². The van der Waals surface area contributed by atoms with Gasteiger partial charge in [-0.15, -0.1) is 0 Å². The monoisotopic (exact) mass is 283 g/mol. The first-order valence-electron chi connectivity index (χ1n) is 6.85. The number of carbonyl (C=O) groups is 1. The highest BCUT2D eigenvalue weighted by molar-refractivity contribution is 5.90. The van der Waals surface area contributed by atoms with Gasteiger partial charge in [-0.25, -0.2) is 4.79 Å². The molecule has 0 aromatic carbocycles. The van der Waals surface area contributed by atoms with Crippen molar-refractivity contribution in [2.24, 2.45) is 0 Å². The SMILES string of the molecule is CCOC(=O)c1ccoc1CN1CC(CO)OCC1C. The van der Waals surface area contributed by atoms with E-state index in [2.05, 4.69) is 4.90 Å². The van der Waals surface area contributed by atoms with Crippen LogP contribution in [0.5, 0.6) is 0 Å². The lowest BCUT2D eigenvalue weighted by molar-refractivity contribution is -0.0820. The molecule has 1 fully saturated rings. The third-order valence-electron chi connectivity index (χ3n) is 3.43. The van der Waals surface area contributed by atoms with Crippen molar-refractivity contribution in [1.82, 2.24) is 4.90 Å². The van der Waals surface area contributed by atoms with Crippen molar-refractivity contribution in [1.29, 1.82) is 0 Å². The van der Waals surface area contributed by atoms with E-state index in [9.17, 15) is 9.90 Å². The smallest absolute Gasteiger partial charge is 0.341 e. The highest BCUT2D eigenvalue weighted by Gasteiger charge is 2.28. The van der Waals surface area contributed by atoms with Gasteiger partial charge >= 0.3 is 5.97 Å². The van der Waals surface area contributed by atoms with E-state index in [0.29, 0.717) is 37.6 Å². The highest BCUT2D eigenvalue weighted by atomic mass is 16.5. The third-order valence-corrected chi connectivity index (χ3v) is 3.43. The zero-order valence-corrected chi connectivity index (χ0v) is 11.9. The zero-order valence-electron chi connectivity index (χ0n) is 11.9. The summed E-state index contributed by atoms with van der Waals surface area (Å²) < 4.78 is 15.9. The molecule has 112 valence electrons. The highest BCUT2D eigenvalue weighted by Crippen LogP contribution is 2.19. The zero-order chi connectivity index (χ0) is 14.5. The number of rotatable bonds is 5. The van der Waals surface area contributed by atoms with E-state index in [0.717, 1.165) is 0 Å². The van der Waals surface area contributed by atoms with E-state index in [4.69, 9.17) is 13.9 Å². The molecule has 2 rings (SSSR count). The van der Waals surface area contributed by atoms with Crippen molar-refractivity contribution >= 4 is 5.97 Å². The molecule has 1 N–H and O–H groups in total. The van der Waals surface area contributed by atoms with Gasteiger partial charge in [-0.2, -0.15) is 0 Å². The molecule has 0 radical (unpaired) electrons. The van der Waals surface area contributed by atoms with Crippen LogP contribution in [0.25, 0.3) is 0 Å². The standard InChI is InChI=1S/C14H21NO5/c1-3-18-14(17)12-4-5-19-13(12)7-15-6-11(8-16)20-9-10(15)2/h4-5,10-11,16H,3,6-9H2,1-2H3. The van der Waals surface area contributed by atoms with Gasteiger partial charge in [0, 0.05) is 12.6 Å². The number of furan rings is 1. The van der Waals surface area contributed by atoms with Crippen molar-refractivity contribution in [3.63, 3.8) is 0 Å². The van der Waals surface area contributed by atoms with Crippen LogP contribution >= 0.6 is 0 Å². The summed E-state index contributed by atoms with van der Waals surface area (Å²) in [6.45, 7) is 5.81. The Morgan fingerprint density at radius 1 is 1.60 bits per heavy atom. The first kappa shape index (κ1) is 15.0. The van der Waals surface area contributed by atoms with Gasteiger partial charge < -0.3 is 19.0 Å². The fraction of sp³-hybridized carbons (Fsp3) is 0.643. The molecule has 0 saturated carbocycles. The number of hydrogen-bond acceptors (Lipinski definition) is 6. The summed E-state index contributed by atoms with van der Waals surface area (Å²) in [4.78, 5) is 13.9. The van der Waals surface area contributed by atoms with Crippen LogP contribution in [-0.2, 0) is 16.0 Å². The summed E-state index contributed by atoms with van der Waals surface area (Å²) in [6, 6.07) is 1.83. The fourth-order valence-electron chi connectivity index (χ4n) is 2.24. The van der Waals surface area contributed by atoms with Crippen LogP contribution in [0.2, 0.25) is 0 Å². The number of aliphatic hydroxyl groups excluding tert-OH is 1. The second-order valence-electron chi connectivity index (χ2n) is 4.89. The van der Waals surface area contributed by atoms with Crippen LogP contribution in [-0.4, -0.2) is 54.5 Å². The molecule has 1 aromatic heterocycles. The van der Waals surface area contributed by atoms with E-state index in [-0.39, 0.29) is 24.7 Å². The number of aliphatic hydroxyl groups is 1. The number of esters is 1. The maximum atomic E-state index is 11.8. The molecule has 0 spiro atoms. The first-order chi connectivity index (χ1) is 9.65. The Bertz CT molecular complexity index is 445. The number of carbonyl (C=O) groups excluding carboxylic acids is 1. The minimum absolute atomic E-state index is 0.00783. The number of morpholine rings is 1. The quantitative estimate of drug-likeness (QED) is 0.814. The molecule has 1 saturated heterocycles. The average molecular weight is 283 g/mol. The van der Waals surface area contributed by atoms with Crippen molar-refractivity contribution < 1.29 is 23.8 Å². The molecule has 1 aliphatic rings. The Morgan fingerprint density at radius 2 is 2.40 bits per heavy atom. The summed E-state index contributed by atoms with van der Waals surface area (Å²) in [5, 5.41) is 9.18. The molecule has 0 bridgehead atoms. The van der Waals surface area contributed by atoms with Crippen LogP contribution in [0, 0.1) is 0 Å². The average Bonchev–Trinajstić information content (AvgIpc) is 2.90. The summed E-state index contributed by atoms with van der Waals surface area (Å²) in [5.74, 6) is 0.227. The maximum absolute atomic E-state index is 11.8. The van der Waals surface area contributed by atoms with Crippen LogP contribution in [0.1, 0.15) is 30.0 Å². The lowest BCUT2D eigenvalue weighted by Gasteiger charge is -2.36. The van der Waals surface area contributed by atoms with E-state index in [1.165, 1.54) is 6.26 Å². The van der Waals surface area contributed by atoms with Gasteiger partial charge in [-0.3, -0.25) is 4.90 Å². The van der Waals surface area contributed by atoms with Gasteiger partial charge in [0.2, 0.25) is 0 Å². The minimum atomic E-state index is -0.365. The van der Waals surface area contributed by atoms with Crippen LogP contribution in [0.3, 0.4) is 0 Å². The molecule has 20 heavy (non-hydrogen) atoms. The Morgan fingerprint density at radius 3 is 3.10 bits per heavy atom. The van der Waals surface area contributed by atoms with Crippen LogP contribution in [0.15, 0.2) is 16.7 Å². The topological polar surface area (TPSA) is 72.1 Å². The second kappa shape index (κ2) is 6.88. The van der Waals surface area contributed by atoms with Gasteiger partial charge in [-0.1, -0.05) is 0 Å².